The van der Waals surface area contributed by atoms with Crippen molar-refractivity contribution in [2.45, 2.75) is 45.1 Å². The molecule has 4 aromatic rings. The standard InChI is InChI=1S/C26H26FN5O2/c1-16(2)32-5-3-17(4-6-32)26-31-24(15-34-26)25(33)10-22-9-18-7-19(12-30-23(18)14-29-22)20-8-21(27)13-28-11-20/h7-9,11-17H,3-6,10H2,1-2H3. The lowest BCUT2D eigenvalue weighted by atomic mass is 9.96. The van der Waals surface area contributed by atoms with Crippen molar-refractivity contribution < 1.29 is 13.6 Å². The number of rotatable bonds is 6. The number of oxazole rings is 1. The molecular formula is C26H26FN5O2. The summed E-state index contributed by atoms with van der Waals surface area (Å²) in [4.78, 5) is 32.5. The number of likely N-dealkylation sites (tertiary alicyclic amines) is 1. The number of piperidine rings is 1. The van der Waals surface area contributed by atoms with Crippen molar-refractivity contribution in [3.8, 4) is 11.1 Å². The van der Waals surface area contributed by atoms with Gasteiger partial charge in [0.1, 0.15) is 17.8 Å². The van der Waals surface area contributed by atoms with Gasteiger partial charge in [-0.15, -0.1) is 0 Å². The van der Waals surface area contributed by atoms with Gasteiger partial charge in [-0.1, -0.05) is 0 Å². The van der Waals surface area contributed by atoms with E-state index < -0.39 is 5.82 Å². The van der Waals surface area contributed by atoms with Crippen LogP contribution in [0.5, 0.6) is 0 Å². The van der Waals surface area contributed by atoms with E-state index >= 15 is 0 Å². The van der Waals surface area contributed by atoms with Gasteiger partial charge in [0.05, 0.1) is 24.3 Å². The van der Waals surface area contributed by atoms with E-state index in [1.807, 2.05) is 12.1 Å². The molecule has 0 bridgehead atoms. The number of carbonyl (C=O) groups excluding carboxylic acids is 1. The molecular weight excluding hydrogens is 433 g/mol. The maximum Gasteiger partial charge on any atom is 0.197 e. The quantitative estimate of drug-likeness (QED) is 0.382. The van der Waals surface area contributed by atoms with Crippen LogP contribution in [0.1, 0.15) is 54.7 Å². The highest BCUT2D eigenvalue weighted by Crippen LogP contribution is 2.28. The number of ketones is 1. The fourth-order valence-corrected chi connectivity index (χ4v) is 4.42. The Hall–Kier alpha value is -3.52. The number of pyridine rings is 3. The molecule has 0 aliphatic carbocycles. The molecule has 174 valence electrons. The summed E-state index contributed by atoms with van der Waals surface area (Å²) < 4.78 is 19.2. The van der Waals surface area contributed by atoms with Gasteiger partial charge in [-0.25, -0.2) is 9.37 Å². The van der Waals surface area contributed by atoms with Gasteiger partial charge in [-0.3, -0.25) is 19.7 Å². The molecule has 0 spiro atoms. The molecule has 0 N–H and O–H groups in total. The van der Waals surface area contributed by atoms with Crippen LogP contribution in [-0.4, -0.2) is 49.8 Å². The van der Waals surface area contributed by atoms with Crippen LogP contribution in [0.15, 0.2) is 53.7 Å². The minimum atomic E-state index is -0.406. The monoisotopic (exact) mass is 459 g/mol. The molecule has 1 aliphatic heterocycles. The molecule has 4 aromatic heterocycles. The summed E-state index contributed by atoms with van der Waals surface area (Å²) in [6, 6.07) is 5.68. The molecule has 0 amide bonds. The third kappa shape index (κ3) is 4.72. The Kier molecular flexibility index (Phi) is 6.15. The zero-order valence-electron chi connectivity index (χ0n) is 19.2. The van der Waals surface area contributed by atoms with Crippen LogP contribution >= 0.6 is 0 Å². The zero-order chi connectivity index (χ0) is 23.7. The van der Waals surface area contributed by atoms with Crippen molar-refractivity contribution in [1.29, 1.82) is 0 Å². The average Bonchev–Trinajstić information content (AvgIpc) is 3.34. The van der Waals surface area contributed by atoms with Gasteiger partial charge in [0.2, 0.25) is 0 Å². The largest absolute Gasteiger partial charge is 0.448 e. The molecule has 0 aromatic carbocycles. The lowest BCUT2D eigenvalue weighted by Gasteiger charge is -2.33. The van der Waals surface area contributed by atoms with Gasteiger partial charge in [-0.2, -0.15) is 0 Å². The lowest BCUT2D eigenvalue weighted by molar-refractivity contribution is 0.0987. The van der Waals surface area contributed by atoms with E-state index in [4.69, 9.17) is 4.42 Å². The topological polar surface area (TPSA) is 85.0 Å². The molecule has 1 saturated heterocycles. The molecule has 1 aliphatic rings. The Morgan fingerprint density at radius 1 is 1.09 bits per heavy atom. The predicted octanol–water partition coefficient (Wildman–Crippen LogP) is 4.83. The van der Waals surface area contributed by atoms with Crippen LogP contribution < -0.4 is 0 Å². The summed E-state index contributed by atoms with van der Waals surface area (Å²) in [6.07, 6.45) is 9.59. The van der Waals surface area contributed by atoms with E-state index in [0.29, 0.717) is 34.4 Å². The summed E-state index contributed by atoms with van der Waals surface area (Å²) in [5.41, 5.74) is 3.02. The van der Waals surface area contributed by atoms with Crippen LogP contribution in [0.4, 0.5) is 4.39 Å². The van der Waals surface area contributed by atoms with Crippen LogP contribution in [0.25, 0.3) is 22.0 Å². The molecule has 0 atom stereocenters. The molecule has 7 nitrogen and oxygen atoms in total. The second-order valence-electron chi connectivity index (χ2n) is 9.06. The summed E-state index contributed by atoms with van der Waals surface area (Å²) in [5.74, 6) is 0.351. The first kappa shape index (κ1) is 22.3. The van der Waals surface area contributed by atoms with Crippen LogP contribution in [0.3, 0.4) is 0 Å². The number of Topliss-reactive ketones (excluding diaryl/α,β-unsaturated/α-hetero) is 1. The molecule has 0 radical (unpaired) electrons. The van der Waals surface area contributed by atoms with Crippen LogP contribution in [0.2, 0.25) is 0 Å². The third-order valence-corrected chi connectivity index (χ3v) is 6.42. The van der Waals surface area contributed by atoms with E-state index in [1.165, 1.54) is 12.3 Å². The van der Waals surface area contributed by atoms with Gasteiger partial charge >= 0.3 is 0 Å². The fraction of sp³-hybridized carbons (Fsp3) is 0.346. The first-order chi connectivity index (χ1) is 16.5. The SMILES string of the molecule is CC(C)N1CCC(c2nc(C(=O)Cc3cc4cc(-c5cncc(F)c5)cnc4cn3)co2)CC1. The first-order valence-electron chi connectivity index (χ1n) is 11.5. The number of fused-ring (bicyclic) bond motifs is 1. The van der Waals surface area contributed by atoms with Crippen LogP contribution in [0, 0.1) is 5.82 Å². The number of hydrogen-bond acceptors (Lipinski definition) is 7. The second kappa shape index (κ2) is 9.38. The van der Waals surface area contributed by atoms with E-state index in [2.05, 4.69) is 38.7 Å². The summed E-state index contributed by atoms with van der Waals surface area (Å²) in [6.45, 7) is 6.44. The minimum absolute atomic E-state index is 0.111. The van der Waals surface area contributed by atoms with E-state index in [9.17, 15) is 9.18 Å². The normalized spacial score (nSPS) is 15.3. The van der Waals surface area contributed by atoms with Crippen molar-refractivity contribution in [1.82, 2.24) is 24.8 Å². The summed E-state index contributed by atoms with van der Waals surface area (Å²) >= 11 is 0. The first-order valence-corrected chi connectivity index (χ1v) is 11.5. The molecule has 5 heterocycles. The van der Waals surface area contributed by atoms with Gasteiger partial charge in [0.15, 0.2) is 11.7 Å². The highest BCUT2D eigenvalue weighted by Gasteiger charge is 2.26. The molecule has 5 rings (SSSR count). The summed E-state index contributed by atoms with van der Waals surface area (Å²) in [7, 11) is 0. The van der Waals surface area contributed by atoms with E-state index in [1.54, 1.807) is 18.6 Å². The van der Waals surface area contributed by atoms with Gasteiger partial charge in [0.25, 0.3) is 0 Å². The Labute approximate surface area is 197 Å². The molecule has 0 saturated carbocycles. The number of carbonyl (C=O) groups is 1. The van der Waals surface area contributed by atoms with Gasteiger partial charge < -0.3 is 9.32 Å². The number of hydrogen-bond donors (Lipinski definition) is 0. The van der Waals surface area contributed by atoms with Crippen molar-refractivity contribution in [2.24, 2.45) is 0 Å². The number of halogens is 1. The van der Waals surface area contributed by atoms with E-state index in [0.717, 1.165) is 43.1 Å². The second-order valence-corrected chi connectivity index (χ2v) is 9.06. The van der Waals surface area contributed by atoms with Gasteiger partial charge in [-0.05, 0) is 58.0 Å². The van der Waals surface area contributed by atoms with Gasteiger partial charge in [0, 0.05) is 46.6 Å². The highest BCUT2D eigenvalue weighted by molar-refractivity contribution is 5.95. The zero-order valence-corrected chi connectivity index (χ0v) is 19.2. The molecule has 1 fully saturated rings. The van der Waals surface area contributed by atoms with Crippen LogP contribution in [-0.2, 0) is 6.42 Å². The maximum absolute atomic E-state index is 13.6. The predicted molar refractivity (Wildman–Crippen MR) is 126 cm³/mol. The lowest BCUT2D eigenvalue weighted by Crippen LogP contribution is -2.37. The Morgan fingerprint density at radius 3 is 2.65 bits per heavy atom. The Morgan fingerprint density at radius 2 is 1.88 bits per heavy atom. The molecule has 34 heavy (non-hydrogen) atoms. The number of nitrogens with zero attached hydrogens (tertiary/aromatic N) is 5. The summed E-state index contributed by atoms with van der Waals surface area (Å²) in [5, 5.41) is 0.817. The smallest absolute Gasteiger partial charge is 0.197 e. The number of aromatic nitrogens is 4. The minimum Gasteiger partial charge on any atom is -0.448 e. The van der Waals surface area contributed by atoms with Crippen molar-refractivity contribution in [3.63, 3.8) is 0 Å². The molecule has 8 heteroatoms. The van der Waals surface area contributed by atoms with Crippen molar-refractivity contribution in [2.75, 3.05) is 13.1 Å². The van der Waals surface area contributed by atoms with E-state index in [-0.39, 0.29) is 18.1 Å². The maximum atomic E-state index is 13.6. The molecule has 0 unspecified atom stereocenters. The Bertz CT molecular complexity index is 1330. The highest BCUT2D eigenvalue weighted by atomic mass is 19.1. The average molecular weight is 460 g/mol. The van der Waals surface area contributed by atoms with Crippen molar-refractivity contribution in [3.05, 3.63) is 72.3 Å². The fourth-order valence-electron chi connectivity index (χ4n) is 4.42. The third-order valence-electron chi connectivity index (χ3n) is 6.42. The van der Waals surface area contributed by atoms with Crippen molar-refractivity contribution >= 4 is 16.7 Å². The Balaban J connectivity index is 1.30.